The summed E-state index contributed by atoms with van der Waals surface area (Å²) < 4.78 is 7.95. The van der Waals surface area contributed by atoms with E-state index in [0.717, 1.165) is 45.9 Å². The van der Waals surface area contributed by atoms with E-state index < -0.39 is 8.07 Å². The fraction of sp³-hybridized carbons (Fsp3) is 0.231. The molecule has 0 saturated heterocycles. The maximum Gasteiger partial charge on any atom is 0.140 e. The normalized spacial score (nSPS) is 12.2. The summed E-state index contributed by atoms with van der Waals surface area (Å²) in [6.07, 6.45) is 7.48. The van der Waals surface area contributed by atoms with Gasteiger partial charge in [-0.05, 0) is 65.7 Å². The molecule has 4 nitrogen and oxygen atoms in total. The molecular weight excluding hydrogens is 469 g/mol. The zero-order valence-electron chi connectivity index (χ0n) is 19.1. The minimum atomic E-state index is -1.15. The summed E-state index contributed by atoms with van der Waals surface area (Å²) in [5, 5.41) is 7.11. The van der Waals surface area contributed by atoms with Crippen molar-refractivity contribution in [3.8, 4) is 11.1 Å². The molecule has 2 aromatic heterocycles. The molecule has 0 saturated carbocycles. The van der Waals surface area contributed by atoms with Crippen LogP contribution in [0.15, 0.2) is 60.9 Å². The maximum atomic E-state index is 6.35. The van der Waals surface area contributed by atoms with E-state index in [1.165, 1.54) is 0 Å². The molecule has 0 bridgehead atoms. The number of hydrogen-bond donors (Lipinski definition) is 0. The minimum Gasteiger partial charge on any atom is -0.360 e. The van der Waals surface area contributed by atoms with Gasteiger partial charge in [0.05, 0.1) is 11.2 Å². The van der Waals surface area contributed by atoms with Gasteiger partial charge >= 0.3 is 0 Å². The number of pyridine rings is 1. The first-order chi connectivity index (χ1) is 15.8. The molecule has 170 valence electrons. The fourth-order valence-electron chi connectivity index (χ4n) is 3.51. The van der Waals surface area contributed by atoms with Crippen molar-refractivity contribution in [2.24, 2.45) is 0 Å². The van der Waals surface area contributed by atoms with Gasteiger partial charge in [0.15, 0.2) is 0 Å². The van der Waals surface area contributed by atoms with Crippen LogP contribution in [0, 0.1) is 0 Å². The lowest BCUT2D eigenvalue weighted by molar-refractivity contribution is 0.0816. The molecule has 0 unspecified atom stereocenters. The average molecular weight is 497 g/mol. The summed E-state index contributed by atoms with van der Waals surface area (Å²) in [5.74, 6) is 0. The molecule has 0 aliphatic carbocycles. The summed E-state index contributed by atoms with van der Waals surface area (Å²) in [7, 11) is -1.15. The Hall–Kier alpha value is -2.44. The highest BCUT2D eigenvalue weighted by Gasteiger charge is 2.14. The Balaban J connectivity index is 1.70. The molecular formula is C26H27Cl2N3OSi. The Kier molecular flexibility index (Phi) is 7.34. The van der Waals surface area contributed by atoms with Crippen molar-refractivity contribution in [1.82, 2.24) is 14.8 Å². The van der Waals surface area contributed by atoms with Gasteiger partial charge in [-0.3, -0.25) is 4.98 Å². The second-order valence-corrected chi connectivity index (χ2v) is 15.6. The minimum absolute atomic E-state index is 0.404. The van der Waals surface area contributed by atoms with Crippen LogP contribution in [0.2, 0.25) is 35.7 Å². The summed E-state index contributed by atoms with van der Waals surface area (Å²) >= 11 is 12.7. The Morgan fingerprint density at radius 3 is 2.36 bits per heavy atom. The Morgan fingerprint density at radius 1 is 0.939 bits per heavy atom. The molecule has 4 rings (SSSR count). The second-order valence-electron chi connectivity index (χ2n) is 9.17. The molecule has 2 heterocycles. The van der Waals surface area contributed by atoms with Gasteiger partial charge in [0.25, 0.3) is 0 Å². The van der Waals surface area contributed by atoms with Crippen molar-refractivity contribution in [3.05, 3.63) is 82.2 Å². The number of nitrogens with zero attached hydrogens (tertiary/aromatic N) is 3. The maximum absolute atomic E-state index is 6.35. The molecule has 0 fully saturated rings. The SMILES string of the molecule is C[Si](C)(C)CCOCn1nc(/C=C/c2c(Cl)cccc2Cl)c2ccc(-c3ccncc3)cc21. The van der Waals surface area contributed by atoms with Crippen molar-refractivity contribution < 1.29 is 4.74 Å². The van der Waals surface area contributed by atoms with Gasteiger partial charge in [-0.1, -0.05) is 55.0 Å². The molecule has 0 N–H and O–H groups in total. The van der Waals surface area contributed by atoms with Crippen LogP contribution in [0.25, 0.3) is 34.2 Å². The highest BCUT2D eigenvalue weighted by Crippen LogP contribution is 2.30. The van der Waals surface area contributed by atoms with E-state index in [-0.39, 0.29) is 0 Å². The number of halogens is 2. The van der Waals surface area contributed by atoms with Crippen LogP contribution >= 0.6 is 23.2 Å². The van der Waals surface area contributed by atoms with Gasteiger partial charge in [-0.25, -0.2) is 4.68 Å². The number of hydrogen-bond acceptors (Lipinski definition) is 3. The van der Waals surface area contributed by atoms with Gasteiger partial charge in [0, 0.05) is 48.1 Å². The fourth-order valence-corrected chi connectivity index (χ4v) is 4.79. The standard InChI is InChI=1S/C26H27Cl2N3OSi/c1-33(2,3)16-15-32-18-31-26-17-20(19-11-13-29-14-12-19)7-8-22(26)25(30-31)10-9-21-23(27)5-4-6-24(21)28/h4-14,17H,15-16,18H2,1-3H3/b10-9+. The number of rotatable bonds is 8. The topological polar surface area (TPSA) is 39.9 Å². The Morgan fingerprint density at radius 2 is 1.67 bits per heavy atom. The van der Waals surface area contributed by atoms with Crippen molar-refractivity contribution in [3.63, 3.8) is 0 Å². The smallest absolute Gasteiger partial charge is 0.140 e. The lowest BCUT2D eigenvalue weighted by Gasteiger charge is -2.15. The Labute approximate surface area is 205 Å². The monoisotopic (exact) mass is 495 g/mol. The predicted octanol–water partition coefficient (Wildman–Crippen LogP) is 7.89. The Bertz CT molecular complexity index is 1260. The number of fused-ring (bicyclic) bond motifs is 1. The molecule has 4 aromatic rings. The predicted molar refractivity (Wildman–Crippen MR) is 142 cm³/mol. The van der Waals surface area contributed by atoms with Gasteiger partial charge in [-0.2, -0.15) is 5.10 Å². The first-order valence-corrected chi connectivity index (χ1v) is 15.4. The molecule has 0 radical (unpaired) electrons. The molecule has 2 aromatic carbocycles. The lowest BCUT2D eigenvalue weighted by atomic mass is 10.0. The zero-order chi connectivity index (χ0) is 23.4. The molecule has 0 atom stereocenters. The second kappa shape index (κ2) is 10.2. The highest BCUT2D eigenvalue weighted by atomic mass is 35.5. The van der Waals surface area contributed by atoms with Gasteiger partial charge in [0.1, 0.15) is 6.73 Å². The first kappa shape index (κ1) is 23.7. The van der Waals surface area contributed by atoms with E-state index in [4.69, 9.17) is 33.0 Å². The van der Waals surface area contributed by atoms with Crippen molar-refractivity contribution in [1.29, 1.82) is 0 Å². The van der Waals surface area contributed by atoms with E-state index >= 15 is 0 Å². The third kappa shape index (κ3) is 5.92. The third-order valence-electron chi connectivity index (χ3n) is 5.41. The van der Waals surface area contributed by atoms with Gasteiger partial charge in [-0.15, -0.1) is 0 Å². The molecule has 7 heteroatoms. The van der Waals surface area contributed by atoms with E-state index in [1.54, 1.807) is 12.4 Å². The van der Waals surface area contributed by atoms with Crippen LogP contribution in [0.3, 0.4) is 0 Å². The van der Waals surface area contributed by atoms with E-state index in [9.17, 15) is 0 Å². The third-order valence-corrected chi connectivity index (χ3v) is 7.77. The van der Waals surface area contributed by atoms with E-state index in [1.807, 2.05) is 47.2 Å². The molecule has 0 amide bonds. The van der Waals surface area contributed by atoms with Crippen LogP contribution < -0.4 is 0 Å². The van der Waals surface area contributed by atoms with Gasteiger partial charge in [0.2, 0.25) is 0 Å². The molecule has 0 aliphatic rings. The quantitative estimate of drug-likeness (QED) is 0.184. The first-order valence-electron chi connectivity index (χ1n) is 10.9. The molecule has 0 aliphatic heterocycles. The summed E-state index contributed by atoms with van der Waals surface area (Å²) in [6, 6.07) is 17.0. The zero-order valence-corrected chi connectivity index (χ0v) is 21.6. The van der Waals surface area contributed by atoms with Gasteiger partial charge < -0.3 is 4.74 Å². The number of aromatic nitrogens is 3. The van der Waals surface area contributed by atoms with E-state index in [0.29, 0.717) is 16.8 Å². The molecule has 33 heavy (non-hydrogen) atoms. The molecule has 0 spiro atoms. The van der Waals surface area contributed by atoms with Crippen molar-refractivity contribution in [2.45, 2.75) is 32.4 Å². The largest absolute Gasteiger partial charge is 0.360 e. The number of ether oxygens (including phenoxy) is 1. The number of benzene rings is 2. The lowest BCUT2D eigenvalue weighted by Crippen LogP contribution is -2.22. The van der Waals surface area contributed by atoms with Crippen molar-refractivity contribution in [2.75, 3.05) is 6.61 Å². The summed E-state index contributed by atoms with van der Waals surface area (Å²) in [6.45, 7) is 8.19. The van der Waals surface area contributed by atoms with Crippen LogP contribution in [-0.4, -0.2) is 29.4 Å². The highest BCUT2D eigenvalue weighted by molar-refractivity contribution is 6.76. The summed E-state index contributed by atoms with van der Waals surface area (Å²) in [4.78, 5) is 4.13. The average Bonchev–Trinajstić information content (AvgIpc) is 3.13. The van der Waals surface area contributed by atoms with Crippen molar-refractivity contribution >= 4 is 54.3 Å². The van der Waals surface area contributed by atoms with Crippen LogP contribution in [0.1, 0.15) is 11.3 Å². The summed E-state index contributed by atoms with van der Waals surface area (Å²) in [5.41, 5.74) is 4.86. The van der Waals surface area contributed by atoms with E-state index in [2.05, 4.69) is 42.8 Å². The van der Waals surface area contributed by atoms with Crippen LogP contribution in [0.5, 0.6) is 0 Å². The van der Waals surface area contributed by atoms with Crippen LogP contribution in [0.4, 0.5) is 0 Å². The van der Waals surface area contributed by atoms with Crippen LogP contribution in [-0.2, 0) is 11.5 Å².